The Morgan fingerprint density at radius 3 is 1.95 bits per heavy atom. The average Bonchev–Trinajstić information content (AvgIpc) is 3.39. The van der Waals surface area contributed by atoms with Crippen molar-refractivity contribution in [2.45, 2.75) is 32.0 Å². The van der Waals surface area contributed by atoms with Crippen LogP contribution < -0.4 is 0 Å². The molecule has 1 fully saturated rings. The molecule has 2 aliphatic heterocycles. The van der Waals surface area contributed by atoms with Crippen molar-refractivity contribution in [1.29, 1.82) is 0 Å². The van der Waals surface area contributed by atoms with Crippen LogP contribution in [-0.4, -0.2) is 91.7 Å². The van der Waals surface area contributed by atoms with E-state index in [1.54, 1.807) is 12.4 Å². The van der Waals surface area contributed by atoms with Gasteiger partial charge < -0.3 is 19.8 Å². The van der Waals surface area contributed by atoms with Crippen molar-refractivity contribution in [3.63, 3.8) is 0 Å². The Morgan fingerprint density at radius 2 is 1.46 bits per heavy atom. The Hall–Kier alpha value is -3.73. The van der Waals surface area contributed by atoms with Gasteiger partial charge >= 0.3 is 24.3 Å². The number of carbonyl (C=O) groups is 3. The molecule has 17 heteroatoms. The predicted octanol–water partition coefficient (Wildman–Crippen LogP) is 2.06. The number of rotatable bonds is 3. The van der Waals surface area contributed by atoms with Gasteiger partial charge in [0.2, 0.25) is 0 Å². The van der Waals surface area contributed by atoms with Gasteiger partial charge in [-0.15, -0.1) is 0 Å². The fourth-order valence-electron chi connectivity index (χ4n) is 3.16. The van der Waals surface area contributed by atoms with Gasteiger partial charge in [-0.25, -0.2) is 9.59 Å². The standard InChI is InChI=1S/C16H19N5O2.2C2HF3O2/c22-16(21-5-7-23-8-6-21)15-13-10-20(11-14(13)18-19-15)9-12-1-3-17-4-2-12;2*3-2(4,5)1(6)7/h1-4H,5-11H2,(H,18,19);2*(H,6,7). The molecule has 0 unspecified atom stereocenters. The number of morpholine rings is 1. The normalized spacial score (nSPS) is 15.6. The number of carboxylic acids is 2. The van der Waals surface area contributed by atoms with Crippen molar-refractivity contribution in [2.24, 2.45) is 0 Å². The van der Waals surface area contributed by atoms with Crippen LogP contribution in [0.5, 0.6) is 0 Å². The third kappa shape index (κ3) is 9.02. The summed E-state index contributed by atoms with van der Waals surface area (Å²) in [5, 5.41) is 21.5. The summed E-state index contributed by atoms with van der Waals surface area (Å²) in [7, 11) is 0. The van der Waals surface area contributed by atoms with E-state index in [1.165, 1.54) is 5.56 Å². The monoisotopic (exact) mass is 541 g/mol. The number of nitrogens with one attached hydrogen (secondary N) is 1. The van der Waals surface area contributed by atoms with Crippen molar-refractivity contribution < 1.29 is 55.7 Å². The van der Waals surface area contributed by atoms with Gasteiger partial charge in [-0.05, 0) is 17.7 Å². The molecule has 1 amide bonds. The second kappa shape index (κ2) is 12.5. The molecule has 2 aromatic rings. The van der Waals surface area contributed by atoms with E-state index in [9.17, 15) is 31.1 Å². The maximum Gasteiger partial charge on any atom is 0.490 e. The smallest absolute Gasteiger partial charge is 0.475 e. The number of aliphatic carboxylic acids is 2. The van der Waals surface area contributed by atoms with Gasteiger partial charge in [-0.2, -0.15) is 31.4 Å². The molecule has 0 aromatic carbocycles. The molecule has 204 valence electrons. The number of pyridine rings is 1. The first kappa shape index (κ1) is 29.5. The molecular formula is C20H21F6N5O6. The largest absolute Gasteiger partial charge is 0.490 e. The molecule has 0 bridgehead atoms. The second-order valence-electron chi connectivity index (χ2n) is 7.54. The lowest BCUT2D eigenvalue weighted by molar-refractivity contribution is -0.193. The van der Waals surface area contributed by atoms with Crippen LogP contribution in [0.25, 0.3) is 0 Å². The maximum absolute atomic E-state index is 12.6. The van der Waals surface area contributed by atoms with Crippen molar-refractivity contribution in [1.82, 2.24) is 25.0 Å². The van der Waals surface area contributed by atoms with Crippen LogP contribution in [0.3, 0.4) is 0 Å². The lowest BCUT2D eigenvalue weighted by atomic mass is 10.2. The number of H-pyrrole nitrogens is 1. The summed E-state index contributed by atoms with van der Waals surface area (Å²) in [6.45, 7) is 4.87. The van der Waals surface area contributed by atoms with Crippen LogP contribution in [0.15, 0.2) is 24.5 Å². The molecule has 0 radical (unpaired) electrons. The number of carbonyl (C=O) groups excluding carboxylic acids is 1. The first-order valence-electron chi connectivity index (χ1n) is 10.3. The van der Waals surface area contributed by atoms with Crippen LogP contribution in [0.4, 0.5) is 26.3 Å². The molecule has 37 heavy (non-hydrogen) atoms. The molecule has 1 saturated heterocycles. The van der Waals surface area contributed by atoms with Gasteiger partial charge in [-0.3, -0.25) is 19.8 Å². The van der Waals surface area contributed by atoms with Crippen LogP contribution in [0.1, 0.15) is 27.3 Å². The Morgan fingerprint density at radius 1 is 0.946 bits per heavy atom. The summed E-state index contributed by atoms with van der Waals surface area (Å²) in [4.78, 5) is 38.6. The summed E-state index contributed by atoms with van der Waals surface area (Å²) in [5.74, 6) is -5.50. The van der Waals surface area contributed by atoms with Gasteiger partial charge in [0.25, 0.3) is 5.91 Å². The lowest BCUT2D eigenvalue weighted by Crippen LogP contribution is -2.41. The minimum absolute atomic E-state index is 0.0107. The van der Waals surface area contributed by atoms with Crippen molar-refractivity contribution in [3.05, 3.63) is 47.0 Å². The van der Waals surface area contributed by atoms with Crippen LogP contribution >= 0.6 is 0 Å². The number of halogens is 6. The zero-order valence-electron chi connectivity index (χ0n) is 18.8. The summed E-state index contributed by atoms with van der Waals surface area (Å²) in [5.41, 5.74) is 3.88. The van der Waals surface area contributed by atoms with E-state index < -0.39 is 24.3 Å². The molecule has 3 N–H and O–H groups in total. The number of hydrogen-bond acceptors (Lipinski definition) is 7. The summed E-state index contributed by atoms with van der Waals surface area (Å²) >= 11 is 0. The number of ether oxygens (including phenoxy) is 1. The molecule has 4 rings (SSSR count). The predicted molar refractivity (Wildman–Crippen MR) is 110 cm³/mol. The number of hydrogen-bond donors (Lipinski definition) is 3. The molecule has 2 aliphatic rings. The van der Waals surface area contributed by atoms with Gasteiger partial charge in [0.05, 0.1) is 18.9 Å². The Kier molecular flexibility index (Phi) is 9.96. The Labute approximate surface area is 204 Å². The van der Waals surface area contributed by atoms with E-state index >= 15 is 0 Å². The second-order valence-corrected chi connectivity index (χ2v) is 7.54. The minimum atomic E-state index is -5.08. The third-order valence-corrected chi connectivity index (χ3v) is 4.86. The molecular weight excluding hydrogens is 520 g/mol. The van der Waals surface area contributed by atoms with Gasteiger partial charge in [0.1, 0.15) is 0 Å². The summed E-state index contributed by atoms with van der Waals surface area (Å²) < 4.78 is 68.8. The van der Waals surface area contributed by atoms with Crippen molar-refractivity contribution in [2.75, 3.05) is 26.3 Å². The number of amides is 1. The van der Waals surface area contributed by atoms with E-state index in [2.05, 4.69) is 20.1 Å². The zero-order chi connectivity index (χ0) is 27.8. The first-order chi connectivity index (χ1) is 17.2. The topological polar surface area (TPSA) is 149 Å². The molecule has 0 spiro atoms. The quantitative estimate of drug-likeness (QED) is 0.497. The van der Waals surface area contributed by atoms with E-state index in [0.717, 1.165) is 30.9 Å². The maximum atomic E-state index is 12.6. The van der Waals surface area contributed by atoms with Crippen LogP contribution in [0.2, 0.25) is 0 Å². The van der Waals surface area contributed by atoms with Crippen LogP contribution in [0, 0.1) is 0 Å². The highest BCUT2D eigenvalue weighted by Crippen LogP contribution is 2.26. The number of aromatic nitrogens is 3. The number of aromatic amines is 1. The molecule has 0 atom stereocenters. The molecule has 0 aliphatic carbocycles. The van der Waals surface area contributed by atoms with Crippen molar-refractivity contribution in [3.8, 4) is 0 Å². The highest BCUT2D eigenvalue weighted by atomic mass is 19.4. The highest BCUT2D eigenvalue weighted by Gasteiger charge is 2.39. The first-order valence-corrected chi connectivity index (χ1v) is 10.3. The molecule has 4 heterocycles. The van der Waals surface area contributed by atoms with E-state index in [1.807, 2.05) is 17.0 Å². The number of carboxylic acid groups (broad SMARTS) is 2. The van der Waals surface area contributed by atoms with Crippen molar-refractivity contribution >= 4 is 17.8 Å². The minimum Gasteiger partial charge on any atom is -0.475 e. The fraction of sp³-hybridized carbons (Fsp3) is 0.450. The highest BCUT2D eigenvalue weighted by molar-refractivity contribution is 5.94. The Balaban J connectivity index is 0.000000286. The number of nitrogens with zero attached hydrogens (tertiary/aromatic N) is 4. The van der Waals surface area contributed by atoms with Crippen LogP contribution in [-0.2, 0) is 34.0 Å². The average molecular weight is 541 g/mol. The third-order valence-electron chi connectivity index (χ3n) is 4.86. The summed E-state index contributed by atoms with van der Waals surface area (Å²) in [6.07, 6.45) is -6.56. The fourth-order valence-corrected chi connectivity index (χ4v) is 3.16. The Bertz CT molecular complexity index is 1050. The van der Waals surface area contributed by atoms with E-state index in [0.29, 0.717) is 32.0 Å². The molecule has 0 saturated carbocycles. The van der Waals surface area contributed by atoms with E-state index in [4.69, 9.17) is 24.5 Å². The number of alkyl halides is 6. The van der Waals surface area contributed by atoms with E-state index in [-0.39, 0.29) is 5.91 Å². The number of fused-ring (bicyclic) bond motifs is 1. The van der Waals surface area contributed by atoms with Gasteiger partial charge in [0.15, 0.2) is 5.69 Å². The lowest BCUT2D eigenvalue weighted by Gasteiger charge is -2.26. The van der Waals surface area contributed by atoms with Gasteiger partial charge in [-0.1, -0.05) is 0 Å². The SMILES string of the molecule is O=C(O)C(F)(F)F.O=C(O)C(F)(F)F.O=C(c1n[nH]c2c1CN(Cc1ccncc1)C2)N1CCOCC1. The summed E-state index contributed by atoms with van der Waals surface area (Å²) in [6, 6.07) is 4.04. The van der Waals surface area contributed by atoms with Gasteiger partial charge in [0, 0.05) is 50.7 Å². The molecule has 11 nitrogen and oxygen atoms in total. The zero-order valence-corrected chi connectivity index (χ0v) is 18.8. The molecule has 2 aromatic heterocycles.